The van der Waals surface area contributed by atoms with Crippen molar-refractivity contribution in [1.82, 2.24) is 0 Å². The number of hydrogen-bond acceptors (Lipinski definition) is 5. The number of fused-ring (bicyclic) bond motifs is 1. The summed E-state index contributed by atoms with van der Waals surface area (Å²) in [5, 5.41) is 2.67. The van der Waals surface area contributed by atoms with Crippen LogP contribution in [0.15, 0.2) is 29.6 Å². The van der Waals surface area contributed by atoms with Crippen LogP contribution in [0.25, 0.3) is 10.1 Å². The quantitative estimate of drug-likeness (QED) is 0.463. The van der Waals surface area contributed by atoms with E-state index >= 15 is 0 Å². The smallest absolute Gasteiger partial charge is 0.217 e. The zero-order valence-electron chi connectivity index (χ0n) is 10.7. The molecule has 0 aliphatic heterocycles. The Hall–Kier alpha value is -1.56. The van der Waals surface area contributed by atoms with Gasteiger partial charge in [0.1, 0.15) is 0 Å². The normalized spacial score (nSPS) is 11.1. The van der Waals surface area contributed by atoms with Gasteiger partial charge in [-0.05, 0) is 6.07 Å². The van der Waals surface area contributed by atoms with Crippen LogP contribution in [0.3, 0.4) is 0 Å². The number of ether oxygens (including phenoxy) is 2. The maximum absolute atomic E-state index is 12.1. The molecule has 2 aromatic rings. The summed E-state index contributed by atoms with van der Waals surface area (Å²) in [7, 11) is 2.74. The monoisotopic (exact) mass is 278 g/mol. The van der Waals surface area contributed by atoms with Crippen molar-refractivity contribution in [3.05, 3.63) is 35.2 Å². The first kappa shape index (κ1) is 13.9. The fourth-order valence-electron chi connectivity index (χ4n) is 1.89. The van der Waals surface area contributed by atoms with Crippen molar-refractivity contribution in [2.45, 2.75) is 12.7 Å². The zero-order chi connectivity index (χ0) is 13.8. The SMILES string of the molecule is COC(OC)C(=O)CC(=O)c1csc2ccccc12. The molecule has 0 N–H and O–H groups in total. The highest BCUT2D eigenvalue weighted by Crippen LogP contribution is 2.26. The molecule has 0 aliphatic rings. The Balaban J connectivity index is 2.18. The highest BCUT2D eigenvalue weighted by molar-refractivity contribution is 7.17. The number of ketones is 2. The zero-order valence-corrected chi connectivity index (χ0v) is 11.5. The van der Waals surface area contributed by atoms with Crippen LogP contribution in [-0.4, -0.2) is 32.1 Å². The lowest BCUT2D eigenvalue weighted by Gasteiger charge is -2.10. The Morgan fingerprint density at radius 3 is 2.58 bits per heavy atom. The van der Waals surface area contributed by atoms with Crippen LogP contribution in [0.2, 0.25) is 0 Å². The van der Waals surface area contributed by atoms with Crippen molar-refractivity contribution in [1.29, 1.82) is 0 Å². The van der Waals surface area contributed by atoms with Crippen molar-refractivity contribution in [3.63, 3.8) is 0 Å². The molecule has 2 rings (SSSR count). The van der Waals surface area contributed by atoms with Gasteiger partial charge in [-0.1, -0.05) is 18.2 Å². The fourth-order valence-corrected chi connectivity index (χ4v) is 2.85. The molecule has 0 atom stereocenters. The third-order valence-electron chi connectivity index (χ3n) is 2.81. The molecule has 0 saturated heterocycles. The van der Waals surface area contributed by atoms with Gasteiger partial charge in [0.05, 0.1) is 6.42 Å². The van der Waals surface area contributed by atoms with E-state index in [1.165, 1.54) is 25.6 Å². The summed E-state index contributed by atoms with van der Waals surface area (Å²) >= 11 is 1.49. The topological polar surface area (TPSA) is 52.6 Å². The molecule has 0 radical (unpaired) electrons. The van der Waals surface area contributed by atoms with Crippen LogP contribution >= 0.6 is 11.3 Å². The number of hydrogen-bond donors (Lipinski definition) is 0. The van der Waals surface area contributed by atoms with Gasteiger partial charge >= 0.3 is 0 Å². The molecular weight excluding hydrogens is 264 g/mol. The molecule has 19 heavy (non-hydrogen) atoms. The van der Waals surface area contributed by atoms with E-state index in [0.717, 1.165) is 10.1 Å². The molecule has 1 heterocycles. The molecule has 0 saturated carbocycles. The van der Waals surface area contributed by atoms with Crippen LogP contribution in [-0.2, 0) is 14.3 Å². The van der Waals surface area contributed by atoms with E-state index in [2.05, 4.69) is 0 Å². The average Bonchev–Trinajstić information content (AvgIpc) is 2.84. The molecule has 0 unspecified atom stereocenters. The van der Waals surface area contributed by atoms with E-state index in [0.29, 0.717) is 5.56 Å². The van der Waals surface area contributed by atoms with Crippen molar-refractivity contribution in [2.24, 2.45) is 0 Å². The molecular formula is C14H14O4S. The van der Waals surface area contributed by atoms with Gasteiger partial charge in [-0.25, -0.2) is 0 Å². The number of Topliss-reactive ketones (excluding diaryl/α,β-unsaturated/α-hetero) is 2. The van der Waals surface area contributed by atoms with Crippen LogP contribution in [0.1, 0.15) is 16.8 Å². The molecule has 0 spiro atoms. The lowest BCUT2D eigenvalue weighted by molar-refractivity contribution is -0.155. The Kier molecular flexibility index (Phi) is 4.42. The predicted molar refractivity (Wildman–Crippen MR) is 73.6 cm³/mol. The van der Waals surface area contributed by atoms with E-state index in [-0.39, 0.29) is 18.0 Å². The van der Waals surface area contributed by atoms with E-state index in [1.54, 1.807) is 5.38 Å². The van der Waals surface area contributed by atoms with E-state index in [1.807, 2.05) is 24.3 Å². The number of rotatable bonds is 6. The third kappa shape index (κ3) is 2.89. The van der Waals surface area contributed by atoms with Gasteiger partial charge in [0.15, 0.2) is 11.6 Å². The molecule has 4 nitrogen and oxygen atoms in total. The summed E-state index contributed by atoms with van der Waals surface area (Å²) in [6.07, 6.45) is -1.19. The van der Waals surface area contributed by atoms with Gasteiger partial charge < -0.3 is 9.47 Å². The number of thiophene rings is 1. The fraction of sp³-hybridized carbons (Fsp3) is 0.286. The highest BCUT2D eigenvalue weighted by atomic mass is 32.1. The minimum atomic E-state index is -0.978. The van der Waals surface area contributed by atoms with Gasteiger partial charge in [-0.2, -0.15) is 0 Å². The Morgan fingerprint density at radius 1 is 1.21 bits per heavy atom. The van der Waals surface area contributed by atoms with Gasteiger partial charge in [-0.15, -0.1) is 11.3 Å². The molecule has 1 aromatic heterocycles. The summed E-state index contributed by atoms with van der Waals surface area (Å²) < 4.78 is 10.7. The minimum absolute atomic E-state index is 0.207. The maximum Gasteiger partial charge on any atom is 0.217 e. The summed E-state index contributed by atoms with van der Waals surface area (Å²) in [5.74, 6) is -0.577. The second-order valence-electron chi connectivity index (χ2n) is 4.02. The second kappa shape index (κ2) is 6.06. The van der Waals surface area contributed by atoms with Gasteiger partial charge in [0, 0.05) is 35.2 Å². The van der Waals surface area contributed by atoms with Crippen molar-refractivity contribution in [2.75, 3.05) is 14.2 Å². The molecule has 100 valence electrons. The van der Waals surface area contributed by atoms with Gasteiger partial charge in [0.2, 0.25) is 6.29 Å². The lowest BCUT2D eigenvalue weighted by atomic mass is 10.0. The van der Waals surface area contributed by atoms with Gasteiger partial charge in [0.25, 0.3) is 0 Å². The average molecular weight is 278 g/mol. The van der Waals surface area contributed by atoms with Crippen molar-refractivity contribution in [3.8, 4) is 0 Å². The van der Waals surface area contributed by atoms with E-state index in [4.69, 9.17) is 9.47 Å². The van der Waals surface area contributed by atoms with Crippen LogP contribution in [0, 0.1) is 0 Å². The summed E-state index contributed by atoms with van der Waals surface area (Å²) in [5.41, 5.74) is 0.583. The predicted octanol–water partition coefficient (Wildman–Crippen LogP) is 2.66. The molecule has 0 amide bonds. The molecule has 1 aromatic carbocycles. The maximum atomic E-state index is 12.1. The summed E-state index contributed by atoms with van der Waals surface area (Å²) in [6, 6.07) is 7.63. The Morgan fingerprint density at radius 2 is 1.89 bits per heavy atom. The van der Waals surface area contributed by atoms with Crippen LogP contribution in [0.5, 0.6) is 0 Å². The molecule has 0 fully saturated rings. The first-order chi connectivity index (χ1) is 9.17. The molecule has 0 bridgehead atoms. The summed E-state index contributed by atoms with van der Waals surface area (Å²) in [4.78, 5) is 23.9. The first-order valence-corrected chi connectivity index (χ1v) is 6.63. The molecule has 0 aliphatic carbocycles. The number of benzene rings is 1. The number of carbonyl (C=O) groups is 2. The number of carbonyl (C=O) groups excluding carboxylic acids is 2. The van der Waals surface area contributed by atoms with Crippen LogP contribution < -0.4 is 0 Å². The second-order valence-corrected chi connectivity index (χ2v) is 4.93. The summed E-state index contributed by atoms with van der Waals surface area (Å²) in [6.45, 7) is 0. The standard InChI is InChI=1S/C14H14O4S/c1-17-14(18-2)12(16)7-11(15)10-8-19-13-6-4-3-5-9(10)13/h3-6,8,14H,7H2,1-2H3. The van der Waals surface area contributed by atoms with Crippen molar-refractivity contribution < 1.29 is 19.1 Å². The lowest BCUT2D eigenvalue weighted by Crippen LogP contribution is -2.26. The minimum Gasteiger partial charge on any atom is -0.349 e. The van der Waals surface area contributed by atoms with Gasteiger partial charge in [-0.3, -0.25) is 9.59 Å². The first-order valence-electron chi connectivity index (χ1n) is 5.75. The third-order valence-corrected chi connectivity index (χ3v) is 3.77. The number of methoxy groups -OCH3 is 2. The van der Waals surface area contributed by atoms with E-state index in [9.17, 15) is 9.59 Å². The Labute approximate surface area is 114 Å². The largest absolute Gasteiger partial charge is 0.349 e. The van der Waals surface area contributed by atoms with Crippen LogP contribution in [0.4, 0.5) is 0 Å². The molecule has 5 heteroatoms. The Bertz CT molecular complexity index is 598. The van der Waals surface area contributed by atoms with E-state index < -0.39 is 6.29 Å². The highest BCUT2D eigenvalue weighted by Gasteiger charge is 2.22. The van der Waals surface area contributed by atoms with Crippen molar-refractivity contribution >= 4 is 33.0 Å².